The highest BCUT2D eigenvalue weighted by atomic mass is 16.5. The van der Waals surface area contributed by atoms with Crippen LogP contribution >= 0.6 is 0 Å². The van der Waals surface area contributed by atoms with Gasteiger partial charge in [0.25, 0.3) is 0 Å². The molecule has 2 aromatic rings. The fourth-order valence-electron chi connectivity index (χ4n) is 4.47. The van der Waals surface area contributed by atoms with Gasteiger partial charge in [-0.05, 0) is 55.8 Å². The van der Waals surface area contributed by atoms with E-state index in [4.69, 9.17) is 4.74 Å². The van der Waals surface area contributed by atoms with Gasteiger partial charge in [0.2, 0.25) is 5.88 Å². The number of piperidine rings is 3. The van der Waals surface area contributed by atoms with E-state index in [1.54, 1.807) is 0 Å². The molecule has 1 spiro atoms. The maximum absolute atomic E-state index is 6.40. The van der Waals surface area contributed by atoms with E-state index in [1.807, 2.05) is 36.7 Å². The quantitative estimate of drug-likeness (QED) is 0.853. The molecule has 3 fully saturated rings. The molecule has 1 unspecified atom stereocenters. The number of pyridine rings is 2. The van der Waals surface area contributed by atoms with E-state index in [1.165, 1.54) is 31.5 Å². The second kappa shape index (κ2) is 5.42. The van der Waals surface area contributed by atoms with Gasteiger partial charge in [-0.2, -0.15) is 0 Å². The number of rotatable bonds is 2. The number of fused-ring (bicyclic) bond motifs is 3. The van der Waals surface area contributed by atoms with E-state index >= 15 is 0 Å². The molecule has 4 aliphatic heterocycles. The van der Waals surface area contributed by atoms with Crippen molar-refractivity contribution in [2.45, 2.75) is 24.9 Å². The Balaban J connectivity index is 1.39. The first-order valence-electron chi connectivity index (χ1n) is 8.80. The summed E-state index contributed by atoms with van der Waals surface area (Å²) < 4.78 is 6.40. The maximum Gasteiger partial charge on any atom is 0.217 e. The van der Waals surface area contributed by atoms with Crippen molar-refractivity contribution in [3.05, 3.63) is 53.5 Å². The Morgan fingerprint density at radius 3 is 2.83 bits per heavy atom. The molecule has 0 aromatic carbocycles. The predicted octanol–water partition coefficient (Wildman–Crippen LogP) is 3.05. The first-order valence-corrected chi connectivity index (χ1v) is 8.80. The summed E-state index contributed by atoms with van der Waals surface area (Å²) in [6.07, 6.45) is 11.4. The summed E-state index contributed by atoms with van der Waals surface area (Å²) in [5.74, 6) is 1.53. The standard InChI is InChI=1S/C20H21N3O/c1-2-8-21-18(3-1)5-4-15-11-16-12-20(24-19(16)22-13-15)14-23-9-6-17(20)7-10-23/h1-5,8,11,13,17H,6-7,9-10,12,14H2. The fourth-order valence-corrected chi connectivity index (χ4v) is 4.47. The average molecular weight is 319 g/mol. The van der Waals surface area contributed by atoms with E-state index in [0.29, 0.717) is 5.92 Å². The lowest BCUT2D eigenvalue weighted by Gasteiger charge is -2.50. The van der Waals surface area contributed by atoms with Crippen molar-refractivity contribution in [2.24, 2.45) is 5.92 Å². The van der Waals surface area contributed by atoms with E-state index in [0.717, 1.165) is 30.1 Å². The van der Waals surface area contributed by atoms with Crippen LogP contribution in [0.5, 0.6) is 5.88 Å². The Kier molecular flexibility index (Phi) is 3.20. The number of hydrogen-bond donors (Lipinski definition) is 0. The van der Waals surface area contributed by atoms with E-state index < -0.39 is 0 Å². The van der Waals surface area contributed by atoms with Crippen molar-refractivity contribution in [3.63, 3.8) is 0 Å². The summed E-state index contributed by atoms with van der Waals surface area (Å²) in [5, 5.41) is 0. The Morgan fingerprint density at radius 1 is 1.17 bits per heavy atom. The van der Waals surface area contributed by atoms with Crippen molar-refractivity contribution in [1.82, 2.24) is 14.9 Å². The van der Waals surface area contributed by atoms with Crippen molar-refractivity contribution >= 4 is 12.2 Å². The third kappa shape index (κ3) is 2.33. The molecule has 4 aliphatic rings. The largest absolute Gasteiger partial charge is 0.469 e. The van der Waals surface area contributed by atoms with Gasteiger partial charge in [-0.1, -0.05) is 12.1 Å². The molecule has 0 amide bonds. The first kappa shape index (κ1) is 14.2. The maximum atomic E-state index is 6.40. The summed E-state index contributed by atoms with van der Waals surface area (Å²) in [4.78, 5) is 11.5. The van der Waals surface area contributed by atoms with E-state index in [9.17, 15) is 0 Å². The van der Waals surface area contributed by atoms with Crippen LogP contribution in [0.1, 0.15) is 29.7 Å². The van der Waals surface area contributed by atoms with Crippen LogP contribution in [0.2, 0.25) is 0 Å². The highest BCUT2D eigenvalue weighted by molar-refractivity contribution is 5.68. The minimum absolute atomic E-state index is 0.0187. The van der Waals surface area contributed by atoms with Crippen molar-refractivity contribution in [3.8, 4) is 5.88 Å². The van der Waals surface area contributed by atoms with Gasteiger partial charge in [0.1, 0.15) is 5.60 Å². The normalized spacial score (nSPS) is 30.7. The number of aromatic nitrogens is 2. The Bertz CT molecular complexity index is 781. The molecular formula is C20H21N3O. The molecule has 1 atom stereocenters. The monoisotopic (exact) mass is 319 g/mol. The highest BCUT2D eigenvalue weighted by Gasteiger charge is 2.52. The lowest BCUT2D eigenvalue weighted by Crippen LogP contribution is -2.61. The van der Waals surface area contributed by atoms with Crippen LogP contribution in [0.3, 0.4) is 0 Å². The van der Waals surface area contributed by atoms with Gasteiger partial charge in [-0.3, -0.25) is 9.88 Å². The predicted molar refractivity (Wildman–Crippen MR) is 93.6 cm³/mol. The summed E-state index contributed by atoms with van der Waals surface area (Å²) in [5.41, 5.74) is 3.31. The zero-order chi connectivity index (χ0) is 16.0. The molecular weight excluding hydrogens is 298 g/mol. The van der Waals surface area contributed by atoms with Gasteiger partial charge in [0.15, 0.2) is 0 Å². The number of ether oxygens (including phenoxy) is 1. The van der Waals surface area contributed by atoms with Crippen LogP contribution in [-0.2, 0) is 6.42 Å². The smallest absolute Gasteiger partial charge is 0.217 e. The molecule has 0 aliphatic carbocycles. The van der Waals surface area contributed by atoms with Gasteiger partial charge >= 0.3 is 0 Å². The highest BCUT2D eigenvalue weighted by Crippen LogP contribution is 2.46. The minimum atomic E-state index is -0.0187. The van der Waals surface area contributed by atoms with Gasteiger partial charge < -0.3 is 4.74 Å². The molecule has 2 bridgehead atoms. The molecule has 0 radical (unpaired) electrons. The second-order valence-electron chi connectivity index (χ2n) is 7.21. The molecule has 0 N–H and O–H groups in total. The molecule has 2 aromatic heterocycles. The lowest BCUT2D eigenvalue weighted by molar-refractivity contribution is -0.0814. The van der Waals surface area contributed by atoms with Gasteiger partial charge in [-0.15, -0.1) is 0 Å². The Hall–Kier alpha value is -2.20. The molecule has 24 heavy (non-hydrogen) atoms. The zero-order valence-electron chi connectivity index (χ0n) is 13.7. The molecule has 6 rings (SSSR count). The van der Waals surface area contributed by atoms with Gasteiger partial charge in [0, 0.05) is 36.8 Å². The molecule has 6 heterocycles. The Labute approximate surface area is 142 Å². The third-order valence-corrected chi connectivity index (χ3v) is 5.69. The molecule has 122 valence electrons. The topological polar surface area (TPSA) is 38.2 Å². The van der Waals surface area contributed by atoms with Crippen LogP contribution in [0.4, 0.5) is 0 Å². The van der Waals surface area contributed by atoms with E-state index in [-0.39, 0.29) is 5.60 Å². The molecule has 0 saturated carbocycles. The summed E-state index contributed by atoms with van der Waals surface area (Å²) in [6.45, 7) is 3.53. The van der Waals surface area contributed by atoms with Crippen LogP contribution in [-0.4, -0.2) is 40.1 Å². The van der Waals surface area contributed by atoms with Crippen LogP contribution in [0, 0.1) is 5.92 Å². The summed E-state index contributed by atoms with van der Waals surface area (Å²) in [6, 6.07) is 8.16. The Morgan fingerprint density at radius 2 is 2.08 bits per heavy atom. The molecule has 3 saturated heterocycles. The van der Waals surface area contributed by atoms with E-state index in [2.05, 4.69) is 27.0 Å². The lowest BCUT2D eigenvalue weighted by atomic mass is 9.73. The second-order valence-corrected chi connectivity index (χ2v) is 7.21. The number of hydrogen-bond acceptors (Lipinski definition) is 4. The van der Waals surface area contributed by atoms with Gasteiger partial charge in [-0.25, -0.2) is 4.98 Å². The molecule has 4 nitrogen and oxygen atoms in total. The van der Waals surface area contributed by atoms with Gasteiger partial charge in [0.05, 0.1) is 5.69 Å². The van der Waals surface area contributed by atoms with Crippen LogP contribution < -0.4 is 4.74 Å². The first-order chi connectivity index (χ1) is 11.8. The van der Waals surface area contributed by atoms with Crippen molar-refractivity contribution in [1.29, 1.82) is 0 Å². The average Bonchev–Trinajstić information content (AvgIpc) is 2.98. The fraction of sp³-hybridized carbons (Fsp3) is 0.400. The number of nitrogens with zero attached hydrogens (tertiary/aromatic N) is 3. The SMILES string of the molecule is C(=Cc1ccccn1)c1cnc2c(c1)CC1(CN3CCC1CC3)O2. The third-order valence-electron chi connectivity index (χ3n) is 5.69. The summed E-state index contributed by atoms with van der Waals surface area (Å²) >= 11 is 0. The van der Waals surface area contributed by atoms with Crippen molar-refractivity contribution < 1.29 is 4.74 Å². The van der Waals surface area contributed by atoms with Crippen molar-refractivity contribution in [2.75, 3.05) is 19.6 Å². The van der Waals surface area contributed by atoms with Crippen LogP contribution in [0.25, 0.3) is 12.2 Å². The summed E-state index contributed by atoms with van der Waals surface area (Å²) in [7, 11) is 0. The minimum Gasteiger partial charge on any atom is -0.469 e. The van der Waals surface area contributed by atoms with Crippen LogP contribution in [0.15, 0.2) is 36.7 Å². The zero-order valence-corrected chi connectivity index (χ0v) is 13.7. The molecule has 4 heteroatoms.